The number of piperidine rings is 1. The monoisotopic (exact) mass is 374 g/mol. The molecule has 0 aliphatic carbocycles. The summed E-state index contributed by atoms with van der Waals surface area (Å²) >= 11 is 0. The molecule has 7 nitrogen and oxygen atoms in total. The maximum atomic E-state index is 13.1. The zero-order chi connectivity index (χ0) is 19.6. The number of aryl methyl sites for hydroxylation is 1. The lowest BCUT2D eigenvalue weighted by Gasteiger charge is -2.34. The quantitative estimate of drug-likeness (QED) is 0.579. The van der Waals surface area contributed by atoms with Crippen molar-refractivity contribution in [2.75, 3.05) is 31.7 Å². The predicted molar refractivity (Wildman–Crippen MR) is 99.6 cm³/mol. The molecule has 2 atom stereocenters. The number of hydrogen-bond acceptors (Lipinski definition) is 6. The fourth-order valence-corrected chi connectivity index (χ4v) is 3.87. The van der Waals surface area contributed by atoms with Gasteiger partial charge >= 0.3 is 5.97 Å². The minimum Gasteiger partial charge on any atom is -0.495 e. The first-order chi connectivity index (χ1) is 13.0. The lowest BCUT2D eigenvalue weighted by molar-refractivity contribution is -0.150. The molecule has 2 amide bonds. The van der Waals surface area contributed by atoms with Crippen LogP contribution in [0.3, 0.4) is 0 Å². The Kier molecular flexibility index (Phi) is 5.79. The van der Waals surface area contributed by atoms with Crippen LogP contribution in [-0.4, -0.2) is 55.5 Å². The van der Waals surface area contributed by atoms with Crippen LogP contribution >= 0.6 is 0 Å². The van der Waals surface area contributed by atoms with Gasteiger partial charge in [0.25, 0.3) is 5.91 Å². The Labute approximate surface area is 159 Å². The number of methoxy groups -OCH3 is 1. The van der Waals surface area contributed by atoms with E-state index in [4.69, 9.17) is 9.47 Å². The molecule has 2 saturated heterocycles. The van der Waals surface area contributed by atoms with Crippen molar-refractivity contribution in [2.45, 2.75) is 39.2 Å². The molecular weight excluding hydrogens is 348 g/mol. The zero-order valence-corrected chi connectivity index (χ0v) is 16.1. The predicted octanol–water partition coefficient (Wildman–Crippen LogP) is 1.91. The Balaban J connectivity index is 1.80. The summed E-state index contributed by atoms with van der Waals surface area (Å²) in [6, 6.07) is 4.88. The lowest BCUT2D eigenvalue weighted by atomic mass is 9.96. The fourth-order valence-electron chi connectivity index (χ4n) is 3.87. The fraction of sp³-hybridized carbons (Fsp3) is 0.550. The number of hydrogen-bond donors (Lipinski definition) is 0. The van der Waals surface area contributed by atoms with Gasteiger partial charge in [-0.25, -0.2) is 4.90 Å². The van der Waals surface area contributed by atoms with Crippen LogP contribution in [0.5, 0.6) is 5.75 Å². The number of carbonyl (C=O) groups is 3. The summed E-state index contributed by atoms with van der Waals surface area (Å²) in [7, 11) is 1.52. The molecule has 2 heterocycles. The number of carbonyl (C=O) groups excluding carboxylic acids is 3. The van der Waals surface area contributed by atoms with Gasteiger partial charge in [-0.05, 0) is 50.9 Å². The number of ether oxygens (including phenoxy) is 2. The molecular formula is C20H26N2O5. The SMILES string of the molecule is CCOC(=O)C1CCCN(C2CC(=O)N(c3cc(C)ccc3OC)C2=O)C1. The van der Waals surface area contributed by atoms with Crippen molar-refractivity contribution >= 4 is 23.5 Å². The largest absolute Gasteiger partial charge is 0.495 e. The van der Waals surface area contributed by atoms with Gasteiger partial charge in [-0.1, -0.05) is 6.07 Å². The topological polar surface area (TPSA) is 76.2 Å². The number of imide groups is 1. The maximum Gasteiger partial charge on any atom is 0.310 e. The van der Waals surface area contributed by atoms with Crippen LogP contribution in [-0.2, 0) is 19.1 Å². The summed E-state index contributed by atoms with van der Waals surface area (Å²) in [5.41, 5.74) is 1.42. The van der Waals surface area contributed by atoms with Gasteiger partial charge < -0.3 is 9.47 Å². The molecule has 3 rings (SSSR count). The van der Waals surface area contributed by atoms with Gasteiger partial charge in [-0.2, -0.15) is 0 Å². The zero-order valence-electron chi connectivity index (χ0n) is 16.1. The summed E-state index contributed by atoms with van der Waals surface area (Å²) < 4.78 is 10.5. The Morgan fingerprint density at radius 3 is 2.78 bits per heavy atom. The summed E-state index contributed by atoms with van der Waals surface area (Å²) in [5.74, 6) is -0.480. The molecule has 2 aliphatic rings. The van der Waals surface area contributed by atoms with Gasteiger partial charge in [0.1, 0.15) is 5.75 Å². The van der Waals surface area contributed by atoms with E-state index in [1.807, 2.05) is 17.9 Å². The number of benzene rings is 1. The average molecular weight is 374 g/mol. The molecule has 0 bridgehead atoms. The smallest absolute Gasteiger partial charge is 0.310 e. The number of esters is 1. The van der Waals surface area contributed by atoms with Gasteiger partial charge in [0.05, 0.1) is 37.8 Å². The van der Waals surface area contributed by atoms with E-state index in [2.05, 4.69) is 0 Å². The van der Waals surface area contributed by atoms with Crippen LogP contribution in [0.4, 0.5) is 5.69 Å². The van der Waals surface area contributed by atoms with Crippen LogP contribution in [0.15, 0.2) is 18.2 Å². The maximum absolute atomic E-state index is 13.1. The summed E-state index contributed by atoms with van der Waals surface area (Å²) in [6.07, 6.45) is 1.67. The van der Waals surface area contributed by atoms with Crippen LogP contribution in [0.1, 0.15) is 31.7 Å². The second-order valence-corrected chi connectivity index (χ2v) is 7.05. The van der Waals surface area contributed by atoms with E-state index >= 15 is 0 Å². The van der Waals surface area contributed by atoms with E-state index in [-0.39, 0.29) is 30.1 Å². The molecule has 146 valence electrons. The first-order valence-electron chi connectivity index (χ1n) is 9.38. The molecule has 2 aliphatic heterocycles. The van der Waals surface area contributed by atoms with Crippen molar-refractivity contribution in [3.8, 4) is 5.75 Å². The second kappa shape index (κ2) is 8.08. The first kappa shape index (κ1) is 19.4. The lowest BCUT2D eigenvalue weighted by Crippen LogP contribution is -2.48. The van der Waals surface area contributed by atoms with Crippen molar-refractivity contribution in [3.63, 3.8) is 0 Å². The van der Waals surface area contributed by atoms with Crippen LogP contribution in [0.25, 0.3) is 0 Å². The molecule has 27 heavy (non-hydrogen) atoms. The molecule has 0 spiro atoms. The molecule has 2 fully saturated rings. The van der Waals surface area contributed by atoms with E-state index < -0.39 is 6.04 Å². The number of likely N-dealkylation sites (tertiary alicyclic amines) is 1. The van der Waals surface area contributed by atoms with Crippen LogP contribution in [0, 0.1) is 12.8 Å². The number of anilines is 1. The third kappa shape index (κ3) is 3.83. The van der Waals surface area contributed by atoms with E-state index in [0.29, 0.717) is 31.1 Å². The van der Waals surface area contributed by atoms with Crippen molar-refractivity contribution in [3.05, 3.63) is 23.8 Å². The molecule has 0 aromatic heterocycles. The number of rotatable bonds is 5. The van der Waals surface area contributed by atoms with Gasteiger partial charge in [0.2, 0.25) is 5.91 Å². The average Bonchev–Trinajstić information content (AvgIpc) is 2.96. The molecule has 0 radical (unpaired) electrons. The molecule has 2 unspecified atom stereocenters. The number of amides is 2. The molecule has 1 aromatic carbocycles. The third-order valence-corrected chi connectivity index (χ3v) is 5.21. The second-order valence-electron chi connectivity index (χ2n) is 7.05. The normalized spacial score (nSPS) is 23.6. The van der Waals surface area contributed by atoms with Gasteiger partial charge in [-0.3, -0.25) is 19.3 Å². The standard InChI is InChI=1S/C20H26N2O5/c1-4-27-20(25)14-6-5-9-21(12-14)16-11-18(23)22(19(16)24)15-10-13(2)7-8-17(15)26-3/h7-8,10,14,16H,4-6,9,11-12H2,1-3H3. The molecule has 0 saturated carbocycles. The van der Waals surface area contributed by atoms with E-state index in [0.717, 1.165) is 18.4 Å². The summed E-state index contributed by atoms with van der Waals surface area (Å²) in [4.78, 5) is 41.0. The highest BCUT2D eigenvalue weighted by Crippen LogP contribution is 2.35. The molecule has 1 aromatic rings. The van der Waals surface area contributed by atoms with Crippen molar-refractivity contribution in [1.82, 2.24) is 4.90 Å². The van der Waals surface area contributed by atoms with E-state index in [1.165, 1.54) is 12.0 Å². The highest BCUT2D eigenvalue weighted by atomic mass is 16.5. The Hall–Kier alpha value is -2.41. The highest BCUT2D eigenvalue weighted by molar-refractivity contribution is 6.23. The number of nitrogens with zero attached hydrogens (tertiary/aromatic N) is 2. The first-order valence-corrected chi connectivity index (χ1v) is 9.38. The van der Waals surface area contributed by atoms with Crippen LogP contribution < -0.4 is 9.64 Å². The van der Waals surface area contributed by atoms with Gasteiger partial charge in [-0.15, -0.1) is 0 Å². The summed E-state index contributed by atoms with van der Waals surface area (Å²) in [5, 5.41) is 0. The molecule has 0 N–H and O–H groups in total. The Morgan fingerprint density at radius 2 is 2.07 bits per heavy atom. The van der Waals surface area contributed by atoms with Crippen molar-refractivity contribution in [2.24, 2.45) is 5.92 Å². The van der Waals surface area contributed by atoms with Crippen molar-refractivity contribution in [1.29, 1.82) is 0 Å². The minimum atomic E-state index is -0.542. The minimum absolute atomic E-state index is 0.117. The molecule has 7 heteroatoms. The van der Waals surface area contributed by atoms with Gasteiger partial charge in [0.15, 0.2) is 0 Å². The highest BCUT2D eigenvalue weighted by Gasteiger charge is 2.45. The Morgan fingerprint density at radius 1 is 1.30 bits per heavy atom. The van der Waals surface area contributed by atoms with Crippen molar-refractivity contribution < 1.29 is 23.9 Å². The van der Waals surface area contributed by atoms with E-state index in [9.17, 15) is 14.4 Å². The summed E-state index contributed by atoms with van der Waals surface area (Å²) in [6.45, 7) is 5.17. The third-order valence-electron chi connectivity index (χ3n) is 5.21. The Bertz CT molecular complexity index is 748. The van der Waals surface area contributed by atoms with E-state index in [1.54, 1.807) is 19.1 Å². The van der Waals surface area contributed by atoms with Gasteiger partial charge in [0, 0.05) is 6.54 Å². The van der Waals surface area contributed by atoms with Crippen LogP contribution in [0.2, 0.25) is 0 Å².